The first-order valence-corrected chi connectivity index (χ1v) is 8.42. The number of nitrogens with one attached hydrogen (secondary N) is 1. The highest BCUT2D eigenvalue weighted by atomic mass is 32.2. The minimum Gasteiger partial charge on any atom is -0.478 e. The van der Waals surface area contributed by atoms with E-state index in [-0.39, 0.29) is 16.1 Å². The van der Waals surface area contributed by atoms with Gasteiger partial charge in [0.1, 0.15) is 0 Å². The molecule has 0 atom stereocenters. The Hall–Kier alpha value is -2.34. The van der Waals surface area contributed by atoms with Crippen LogP contribution in [-0.4, -0.2) is 19.5 Å². The molecule has 0 aromatic heterocycles. The second kappa shape index (κ2) is 5.46. The zero-order chi connectivity index (χ0) is 15.7. The zero-order valence-electron chi connectivity index (χ0n) is 11.7. The van der Waals surface area contributed by atoms with E-state index in [1.807, 2.05) is 0 Å². The maximum absolute atomic E-state index is 12.4. The summed E-state index contributed by atoms with van der Waals surface area (Å²) in [6.07, 6.45) is 2.64. The third kappa shape index (κ3) is 2.69. The summed E-state index contributed by atoms with van der Waals surface area (Å²) >= 11 is 0. The Bertz CT molecular complexity index is 829. The summed E-state index contributed by atoms with van der Waals surface area (Å²) in [6, 6.07) is 11.1. The number of carbonyl (C=O) groups is 1. The Morgan fingerprint density at radius 3 is 2.32 bits per heavy atom. The highest BCUT2D eigenvalue weighted by Crippen LogP contribution is 2.30. The quantitative estimate of drug-likeness (QED) is 0.908. The number of sulfonamides is 1. The average Bonchev–Trinajstić information content (AvgIpc) is 2.94. The number of hydrogen-bond donors (Lipinski definition) is 2. The lowest BCUT2D eigenvalue weighted by Gasteiger charge is -2.13. The number of aromatic carboxylic acids is 1. The molecule has 0 amide bonds. The highest BCUT2D eigenvalue weighted by Gasteiger charge is 2.22. The fourth-order valence-electron chi connectivity index (χ4n) is 2.69. The molecular formula is C16H15NO4S. The van der Waals surface area contributed by atoms with E-state index in [0.717, 1.165) is 30.4 Å². The van der Waals surface area contributed by atoms with Crippen LogP contribution in [0.25, 0.3) is 0 Å². The topological polar surface area (TPSA) is 83.5 Å². The maximum Gasteiger partial charge on any atom is 0.337 e. The first-order chi connectivity index (χ1) is 10.5. The van der Waals surface area contributed by atoms with Crippen LogP contribution in [0.2, 0.25) is 0 Å². The van der Waals surface area contributed by atoms with Crippen molar-refractivity contribution in [3.8, 4) is 0 Å². The van der Waals surface area contributed by atoms with Crippen molar-refractivity contribution in [1.29, 1.82) is 0 Å². The molecule has 0 fully saturated rings. The van der Waals surface area contributed by atoms with E-state index in [0.29, 0.717) is 0 Å². The molecule has 0 spiro atoms. The van der Waals surface area contributed by atoms with E-state index in [4.69, 9.17) is 0 Å². The molecule has 2 aromatic carbocycles. The van der Waals surface area contributed by atoms with Crippen LogP contribution in [0.3, 0.4) is 0 Å². The lowest BCUT2D eigenvalue weighted by molar-refractivity contribution is 0.0698. The molecule has 6 heteroatoms. The average molecular weight is 317 g/mol. The van der Waals surface area contributed by atoms with E-state index < -0.39 is 16.0 Å². The molecule has 0 saturated heterocycles. The molecule has 2 N–H and O–H groups in total. The van der Waals surface area contributed by atoms with Crippen LogP contribution in [0.4, 0.5) is 5.69 Å². The first-order valence-electron chi connectivity index (χ1n) is 6.94. The third-order valence-corrected chi connectivity index (χ3v) is 5.14. The fraction of sp³-hybridized carbons (Fsp3) is 0.188. The van der Waals surface area contributed by atoms with Crippen molar-refractivity contribution in [2.75, 3.05) is 4.72 Å². The van der Waals surface area contributed by atoms with Gasteiger partial charge in [-0.2, -0.15) is 0 Å². The summed E-state index contributed by atoms with van der Waals surface area (Å²) in [5, 5.41) is 9.33. The number of carboxylic acid groups (broad SMARTS) is 1. The molecule has 0 heterocycles. The first kappa shape index (κ1) is 14.6. The van der Waals surface area contributed by atoms with Gasteiger partial charge in [-0.25, -0.2) is 13.2 Å². The van der Waals surface area contributed by atoms with Crippen molar-refractivity contribution in [2.45, 2.75) is 24.2 Å². The van der Waals surface area contributed by atoms with Gasteiger partial charge < -0.3 is 5.11 Å². The molecule has 0 saturated carbocycles. The van der Waals surface area contributed by atoms with Crippen LogP contribution in [0.1, 0.15) is 27.9 Å². The number of carboxylic acids is 1. The number of benzene rings is 2. The SMILES string of the molecule is O=C(O)c1cc2c(cc1NS(=O)(=O)c1ccccc1)CCC2. The van der Waals surface area contributed by atoms with Crippen LogP contribution < -0.4 is 4.72 Å². The van der Waals surface area contributed by atoms with Crippen LogP contribution >= 0.6 is 0 Å². The largest absolute Gasteiger partial charge is 0.478 e. The number of hydrogen-bond acceptors (Lipinski definition) is 3. The summed E-state index contributed by atoms with van der Waals surface area (Å²) < 4.78 is 27.2. The van der Waals surface area contributed by atoms with Crippen molar-refractivity contribution in [2.24, 2.45) is 0 Å². The van der Waals surface area contributed by atoms with Gasteiger partial charge in [-0.1, -0.05) is 18.2 Å². The smallest absolute Gasteiger partial charge is 0.337 e. The van der Waals surface area contributed by atoms with Crippen LogP contribution in [0, 0.1) is 0 Å². The molecule has 5 nitrogen and oxygen atoms in total. The summed E-state index contributed by atoms with van der Waals surface area (Å²) in [4.78, 5) is 11.5. The van der Waals surface area contributed by atoms with Gasteiger partial charge >= 0.3 is 5.97 Å². The Balaban J connectivity index is 2.04. The van der Waals surface area contributed by atoms with Crippen molar-refractivity contribution in [3.05, 3.63) is 59.2 Å². The standard InChI is InChI=1S/C16H15NO4S/c18-16(19)14-9-11-5-4-6-12(11)10-15(14)17-22(20,21)13-7-2-1-3-8-13/h1-3,7-10,17H,4-6H2,(H,18,19). The van der Waals surface area contributed by atoms with Crippen molar-refractivity contribution < 1.29 is 18.3 Å². The second-order valence-corrected chi connectivity index (χ2v) is 6.93. The second-order valence-electron chi connectivity index (χ2n) is 5.24. The zero-order valence-corrected chi connectivity index (χ0v) is 12.6. The van der Waals surface area contributed by atoms with Crippen LogP contribution in [0.5, 0.6) is 0 Å². The van der Waals surface area contributed by atoms with E-state index >= 15 is 0 Å². The summed E-state index contributed by atoms with van der Waals surface area (Å²) in [5.74, 6) is -1.14. The van der Waals surface area contributed by atoms with Gasteiger partial charge in [0.2, 0.25) is 0 Å². The Labute approximate surface area is 128 Å². The lowest BCUT2D eigenvalue weighted by Crippen LogP contribution is -2.16. The number of anilines is 1. The molecule has 22 heavy (non-hydrogen) atoms. The van der Waals surface area contributed by atoms with E-state index in [1.165, 1.54) is 12.1 Å². The van der Waals surface area contributed by atoms with E-state index in [1.54, 1.807) is 30.3 Å². The Kier molecular flexibility index (Phi) is 3.62. The molecule has 1 aliphatic rings. The van der Waals surface area contributed by atoms with Crippen molar-refractivity contribution in [1.82, 2.24) is 0 Å². The highest BCUT2D eigenvalue weighted by molar-refractivity contribution is 7.92. The Morgan fingerprint density at radius 2 is 1.68 bits per heavy atom. The van der Waals surface area contributed by atoms with Gasteiger partial charge in [-0.05, 0) is 54.7 Å². The van der Waals surface area contributed by atoms with Crippen molar-refractivity contribution in [3.63, 3.8) is 0 Å². The van der Waals surface area contributed by atoms with E-state index in [2.05, 4.69) is 4.72 Å². The van der Waals surface area contributed by atoms with Crippen molar-refractivity contribution >= 4 is 21.7 Å². The molecule has 1 aliphatic carbocycles. The molecular weight excluding hydrogens is 302 g/mol. The molecule has 0 unspecified atom stereocenters. The predicted octanol–water partition coefficient (Wildman–Crippen LogP) is 2.67. The molecule has 2 aromatic rings. The van der Waals surface area contributed by atoms with Gasteiger partial charge in [0.05, 0.1) is 16.1 Å². The predicted molar refractivity (Wildman–Crippen MR) is 82.7 cm³/mol. The van der Waals surface area contributed by atoms with Gasteiger partial charge in [0, 0.05) is 0 Å². The van der Waals surface area contributed by atoms with Gasteiger partial charge in [0.15, 0.2) is 0 Å². The maximum atomic E-state index is 12.4. The molecule has 0 radical (unpaired) electrons. The summed E-state index contributed by atoms with van der Waals surface area (Å²) in [6.45, 7) is 0. The normalized spacial score (nSPS) is 13.6. The summed E-state index contributed by atoms with van der Waals surface area (Å²) in [5.41, 5.74) is 2.10. The minimum absolute atomic E-state index is 0.0137. The Morgan fingerprint density at radius 1 is 1.05 bits per heavy atom. The number of fused-ring (bicyclic) bond motifs is 1. The lowest BCUT2D eigenvalue weighted by atomic mass is 10.0. The monoisotopic (exact) mass is 317 g/mol. The van der Waals surface area contributed by atoms with Gasteiger partial charge in [-0.15, -0.1) is 0 Å². The molecule has 3 rings (SSSR count). The minimum atomic E-state index is -3.80. The van der Waals surface area contributed by atoms with Gasteiger partial charge in [0.25, 0.3) is 10.0 Å². The fourth-order valence-corrected chi connectivity index (χ4v) is 3.78. The molecule has 114 valence electrons. The van der Waals surface area contributed by atoms with E-state index in [9.17, 15) is 18.3 Å². The number of aryl methyl sites for hydroxylation is 2. The molecule has 0 bridgehead atoms. The third-order valence-electron chi connectivity index (χ3n) is 3.76. The number of rotatable bonds is 4. The van der Waals surface area contributed by atoms with Gasteiger partial charge in [-0.3, -0.25) is 4.72 Å². The molecule has 0 aliphatic heterocycles. The van der Waals surface area contributed by atoms with Crippen LogP contribution in [-0.2, 0) is 22.9 Å². The van der Waals surface area contributed by atoms with Crippen LogP contribution in [0.15, 0.2) is 47.4 Å². The summed E-state index contributed by atoms with van der Waals surface area (Å²) in [7, 11) is -3.80.